The van der Waals surface area contributed by atoms with Gasteiger partial charge in [0, 0.05) is 12.2 Å². The molecule has 0 aliphatic heterocycles. The summed E-state index contributed by atoms with van der Waals surface area (Å²) in [5.41, 5.74) is -0.490. The fourth-order valence-electron chi connectivity index (χ4n) is 3.27. The number of thioether (sulfide) groups is 1. The molecule has 0 aliphatic rings. The van der Waals surface area contributed by atoms with Crippen LogP contribution >= 0.6 is 11.8 Å². The molecule has 2 aromatic carbocycles. The number of carbonyl (C=O) groups is 1. The lowest BCUT2D eigenvalue weighted by Gasteiger charge is -2.19. The zero-order chi connectivity index (χ0) is 25.6. The molecule has 0 aliphatic carbocycles. The van der Waals surface area contributed by atoms with Crippen LogP contribution in [-0.4, -0.2) is 33.5 Å². The van der Waals surface area contributed by atoms with Crippen LogP contribution < -0.4 is 14.8 Å². The number of halogens is 3. The number of carbonyl (C=O) groups excluding carboxylic acids is 1. The van der Waals surface area contributed by atoms with Crippen molar-refractivity contribution in [3.8, 4) is 11.5 Å². The molecule has 0 saturated carbocycles. The normalized spacial score (nSPS) is 12.5. The zero-order valence-electron chi connectivity index (χ0n) is 19.8. The first-order valence-corrected chi connectivity index (χ1v) is 11.9. The van der Waals surface area contributed by atoms with Crippen molar-refractivity contribution in [2.75, 3.05) is 18.2 Å². The van der Waals surface area contributed by atoms with Crippen molar-refractivity contribution in [2.45, 2.75) is 44.8 Å². The van der Waals surface area contributed by atoms with Crippen LogP contribution in [0.4, 0.5) is 18.9 Å². The van der Waals surface area contributed by atoms with Crippen molar-refractivity contribution in [1.82, 2.24) is 14.8 Å². The number of methoxy groups -OCH3 is 1. The molecule has 11 heteroatoms. The number of hydrogen-bond donors (Lipinski definition) is 1. The molecule has 1 heterocycles. The SMILES string of the molecule is COc1ccccc1OC(C)c1nnc(SCC(=O)Nc2ccc(C(F)(F)F)cc2)n1CC(C)C. The number of alkyl halides is 3. The topological polar surface area (TPSA) is 78.3 Å². The summed E-state index contributed by atoms with van der Waals surface area (Å²) >= 11 is 1.19. The fourth-order valence-corrected chi connectivity index (χ4v) is 4.03. The molecule has 1 amide bonds. The lowest BCUT2D eigenvalue weighted by Crippen LogP contribution is -2.17. The number of anilines is 1. The van der Waals surface area contributed by atoms with E-state index in [4.69, 9.17) is 9.47 Å². The van der Waals surface area contributed by atoms with Gasteiger partial charge in [0.25, 0.3) is 0 Å². The molecule has 1 unspecified atom stereocenters. The molecule has 35 heavy (non-hydrogen) atoms. The predicted molar refractivity (Wildman–Crippen MR) is 128 cm³/mol. The monoisotopic (exact) mass is 508 g/mol. The summed E-state index contributed by atoms with van der Waals surface area (Å²) in [6, 6.07) is 11.6. The maximum absolute atomic E-state index is 12.7. The Bertz CT molecular complexity index is 1130. The van der Waals surface area contributed by atoms with E-state index in [1.165, 1.54) is 23.9 Å². The van der Waals surface area contributed by atoms with Crippen LogP contribution in [0.1, 0.15) is 38.3 Å². The standard InChI is InChI=1S/C24H27F3N4O3S/c1-15(2)13-31-22(16(3)34-20-8-6-5-7-19(20)33-4)29-30-23(31)35-14-21(32)28-18-11-9-17(10-12-18)24(25,26)27/h5-12,15-16H,13-14H2,1-4H3,(H,28,32). The molecule has 1 N–H and O–H groups in total. The van der Waals surface area contributed by atoms with Gasteiger partial charge in [0.2, 0.25) is 5.91 Å². The van der Waals surface area contributed by atoms with Gasteiger partial charge in [-0.2, -0.15) is 13.2 Å². The van der Waals surface area contributed by atoms with Crippen LogP contribution in [-0.2, 0) is 17.5 Å². The summed E-state index contributed by atoms with van der Waals surface area (Å²) in [6.45, 7) is 6.59. The number of hydrogen-bond acceptors (Lipinski definition) is 6. The summed E-state index contributed by atoms with van der Waals surface area (Å²) in [6.07, 6.45) is -4.86. The van der Waals surface area contributed by atoms with Gasteiger partial charge in [-0.3, -0.25) is 4.79 Å². The summed E-state index contributed by atoms with van der Waals surface area (Å²) in [4.78, 5) is 12.4. The Hall–Kier alpha value is -3.21. The molecule has 0 saturated heterocycles. The molecular weight excluding hydrogens is 481 g/mol. The number of rotatable bonds is 10. The molecule has 0 spiro atoms. The second-order valence-corrected chi connectivity index (χ2v) is 9.11. The predicted octanol–water partition coefficient (Wildman–Crippen LogP) is 5.83. The second kappa shape index (κ2) is 11.5. The van der Waals surface area contributed by atoms with Gasteiger partial charge in [-0.1, -0.05) is 37.7 Å². The van der Waals surface area contributed by atoms with Crippen LogP contribution in [0.25, 0.3) is 0 Å². The molecular formula is C24H27F3N4O3S. The average molecular weight is 509 g/mol. The van der Waals surface area contributed by atoms with E-state index in [-0.39, 0.29) is 23.3 Å². The lowest BCUT2D eigenvalue weighted by molar-refractivity contribution is -0.137. The Labute approximate surface area is 206 Å². The Morgan fingerprint density at radius 3 is 2.31 bits per heavy atom. The average Bonchev–Trinajstić information content (AvgIpc) is 3.19. The first-order chi connectivity index (χ1) is 16.6. The number of para-hydroxylation sites is 2. The third-order valence-electron chi connectivity index (χ3n) is 4.86. The van der Waals surface area contributed by atoms with Gasteiger partial charge >= 0.3 is 6.18 Å². The maximum Gasteiger partial charge on any atom is 0.416 e. The van der Waals surface area contributed by atoms with Crippen molar-refractivity contribution in [3.63, 3.8) is 0 Å². The zero-order valence-corrected chi connectivity index (χ0v) is 20.6. The van der Waals surface area contributed by atoms with E-state index in [2.05, 4.69) is 29.4 Å². The number of ether oxygens (including phenoxy) is 2. The number of benzene rings is 2. The summed E-state index contributed by atoms with van der Waals surface area (Å²) in [7, 11) is 1.57. The highest BCUT2D eigenvalue weighted by Gasteiger charge is 2.30. The van der Waals surface area contributed by atoms with Crippen LogP contribution in [0.2, 0.25) is 0 Å². The first kappa shape index (κ1) is 26.4. The van der Waals surface area contributed by atoms with Gasteiger partial charge in [-0.15, -0.1) is 10.2 Å². The molecule has 3 rings (SSSR count). The van der Waals surface area contributed by atoms with Crippen LogP contribution in [0, 0.1) is 5.92 Å². The van der Waals surface area contributed by atoms with E-state index in [9.17, 15) is 18.0 Å². The van der Waals surface area contributed by atoms with Crippen molar-refractivity contribution in [3.05, 3.63) is 59.9 Å². The highest BCUT2D eigenvalue weighted by Crippen LogP contribution is 2.32. The summed E-state index contributed by atoms with van der Waals surface area (Å²) < 4.78 is 51.5. The Balaban J connectivity index is 1.68. The van der Waals surface area contributed by atoms with Crippen LogP contribution in [0.15, 0.2) is 53.7 Å². The smallest absolute Gasteiger partial charge is 0.416 e. The minimum atomic E-state index is -4.43. The highest BCUT2D eigenvalue weighted by molar-refractivity contribution is 7.99. The fraction of sp³-hybridized carbons (Fsp3) is 0.375. The van der Waals surface area contributed by atoms with E-state index in [1.807, 2.05) is 23.6 Å². The maximum atomic E-state index is 12.7. The molecule has 0 fully saturated rings. The number of nitrogens with one attached hydrogen (secondary N) is 1. The van der Waals surface area contributed by atoms with E-state index in [0.717, 1.165) is 12.1 Å². The van der Waals surface area contributed by atoms with E-state index >= 15 is 0 Å². The van der Waals surface area contributed by atoms with Gasteiger partial charge < -0.3 is 19.4 Å². The summed E-state index contributed by atoms with van der Waals surface area (Å²) in [5.74, 6) is 1.71. The molecule has 0 radical (unpaired) electrons. The Morgan fingerprint density at radius 1 is 1.06 bits per heavy atom. The molecule has 3 aromatic rings. The number of nitrogens with zero attached hydrogens (tertiary/aromatic N) is 3. The number of aromatic nitrogens is 3. The van der Waals surface area contributed by atoms with Crippen molar-refractivity contribution in [2.24, 2.45) is 5.92 Å². The highest BCUT2D eigenvalue weighted by atomic mass is 32.2. The van der Waals surface area contributed by atoms with Gasteiger partial charge in [-0.05, 0) is 49.2 Å². The van der Waals surface area contributed by atoms with Crippen LogP contribution in [0.3, 0.4) is 0 Å². The molecule has 188 valence electrons. The molecule has 0 bridgehead atoms. The van der Waals surface area contributed by atoms with Gasteiger partial charge in [0.05, 0.1) is 18.4 Å². The quantitative estimate of drug-likeness (QED) is 0.347. The second-order valence-electron chi connectivity index (χ2n) is 8.17. The molecule has 1 atom stereocenters. The first-order valence-electron chi connectivity index (χ1n) is 10.9. The van der Waals surface area contributed by atoms with Crippen molar-refractivity contribution >= 4 is 23.4 Å². The largest absolute Gasteiger partial charge is 0.493 e. The Kier molecular flexibility index (Phi) is 8.66. The number of amides is 1. The van der Waals surface area contributed by atoms with Crippen molar-refractivity contribution < 1.29 is 27.4 Å². The van der Waals surface area contributed by atoms with Gasteiger partial charge in [-0.25, -0.2) is 0 Å². The minimum Gasteiger partial charge on any atom is -0.493 e. The molecule has 7 nitrogen and oxygen atoms in total. The minimum absolute atomic E-state index is 0.0129. The van der Waals surface area contributed by atoms with E-state index < -0.39 is 17.8 Å². The van der Waals surface area contributed by atoms with Crippen molar-refractivity contribution in [1.29, 1.82) is 0 Å². The van der Waals surface area contributed by atoms with Gasteiger partial charge in [0.1, 0.15) is 0 Å². The third kappa shape index (κ3) is 7.14. The van der Waals surface area contributed by atoms with Crippen LogP contribution in [0.5, 0.6) is 11.5 Å². The van der Waals surface area contributed by atoms with E-state index in [0.29, 0.717) is 29.0 Å². The molecule has 1 aromatic heterocycles. The summed E-state index contributed by atoms with van der Waals surface area (Å²) in [5, 5.41) is 11.7. The lowest BCUT2D eigenvalue weighted by atomic mass is 10.2. The third-order valence-corrected chi connectivity index (χ3v) is 5.82. The van der Waals surface area contributed by atoms with Gasteiger partial charge in [0.15, 0.2) is 28.6 Å². The Morgan fingerprint density at radius 2 is 1.71 bits per heavy atom. The van der Waals surface area contributed by atoms with E-state index in [1.54, 1.807) is 19.2 Å².